The predicted molar refractivity (Wildman–Crippen MR) is 69.9 cm³/mol. The van der Waals surface area contributed by atoms with Crippen LogP contribution in [0, 0.1) is 23.7 Å². The largest absolute Gasteiger partial charge is 0.481 e. The molecule has 2 atom stereocenters. The molecule has 5 heteroatoms. The number of hydrogen-bond donors (Lipinski definition) is 2. The van der Waals surface area contributed by atoms with Crippen LogP contribution in [0.1, 0.15) is 18.1 Å². The Kier molecular flexibility index (Phi) is 3.45. The van der Waals surface area contributed by atoms with E-state index >= 15 is 0 Å². The Balaban J connectivity index is 2.20. The summed E-state index contributed by atoms with van der Waals surface area (Å²) in [5.41, 5.74) is 1.36. The SMILES string of the molecule is Cc1cc(NC2COCC2(C)C(=O)O)ccc1C#N. The van der Waals surface area contributed by atoms with Gasteiger partial charge in [0.05, 0.1) is 30.9 Å². The van der Waals surface area contributed by atoms with Gasteiger partial charge < -0.3 is 15.2 Å². The summed E-state index contributed by atoms with van der Waals surface area (Å²) in [6.45, 7) is 4.10. The van der Waals surface area contributed by atoms with Crippen molar-refractivity contribution in [1.82, 2.24) is 0 Å². The van der Waals surface area contributed by atoms with Gasteiger partial charge in [0.1, 0.15) is 5.41 Å². The molecule has 0 aromatic heterocycles. The summed E-state index contributed by atoms with van der Waals surface area (Å²) in [5.74, 6) is -0.868. The van der Waals surface area contributed by atoms with Crippen molar-refractivity contribution in [3.05, 3.63) is 29.3 Å². The number of benzene rings is 1. The summed E-state index contributed by atoms with van der Waals surface area (Å²) in [7, 11) is 0. The van der Waals surface area contributed by atoms with E-state index < -0.39 is 11.4 Å². The minimum absolute atomic E-state index is 0.204. The fourth-order valence-electron chi connectivity index (χ4n) is 2.17. The number of aliphatic carboxylic acids is 1. The third-order valence-electron chi connectivity index (χ3n) is 3.63. The molecule has 0 saturated carbocycles. The highest BCUT2D eigenvalue weighted by Crippen LogP contribution is 2.31. The summed E-state index contributed by atoms with van der Waals surface area (Å²) in [4.78, 5) is 11.3. The van der Waals surface area contributed by atoms with Gasteiger partial charge in [-0.1, -0.05) is 0 Å². The molecule has 0 spiro atoms. The summed E-state index contributed by atoms with van der Waals surface area (Å²) >= 11 is 0. The van der Waals surface area contributed by atoms with Gasteiger partial charge in [0.2, 0.25) is 0 Å². The molecule has 0 radical (unpaired) electrons. The van der Waals surface area contributed by atoms with E-state index in [1.54, 1.807) is 19.1 Å². The number of ether oxygens (including phenoxy) is 1. The number of hydrogen-bond acceptors (Lipinski definition) is 4. The van der Waals surface area contributed by atoms with Crippen LogP contribution in [0.5, 0.6) is 0 Å². The Labute approximate surface area is 111 Å². The lowest BCUT2D eigenvalue weighted by molar-refractivity contribution is -0.148. The lowest BCUT2D eigenvalue weighted by Gasteiger charge is -2.26. The monoisotopic (exact) mass is 260 g/mol. The van der Waals surface area contributed by atoms with Gasteiger partial charge in [0.15, 0.2) is 0 Å². The van der Waals surface area contributed by atoms with Crippen LogP contribution in [0.2, 0.25) is 0 Å². The second-order valence-corrected chi connectivity index (χ2v) is 5.08. The molecule has 2 rings (SSSR count). The van der Waals surface area contributed by atoms with Gasteiger partial charge in [-0.2, -0.15) is 5.26 Å². The van der Waals surface area contributed by atoms with Crippen molar-refractivity contribution in [2.75, 3.05) is 18.5 Å². The lowest BCUT2D eigenvalue weighted by Crippen LogP contribution is -2.43. The van der Waals surface area contributed by atoms with Crippen molar-refractivity contribution in [3.63, 3.8) is 0 Å². The number of rotatable bonds is 3. The molecule has 0 aliphatic carbocycles. The number of carbonyl (C=O) groups is 1. The Morgan fingerprint density at radius 3 is 2.95 bits per heavy atom. The number of carboxylic acids is 1. The molecule has 2 unspecified atom stereocenters. The summed E-state index contributed by atoms with van der Waals surface area (Å²) in [5, 5.41) is 21.4. The highest BCUT2D eigenvalue weighted by Gasteiger charge is 2.46. The van der Waals surface area contributed by atoms with E-state index in [2.05, 4.69) is 11.4 Å². The average molecular weight is 260 g/mol. The molecule has 1 saturated heterocycles. The molecule has 1 aliphatic rings. The van der Waals surface area contributed by atoms with Gasteiger partial charge >= 0.3 is 5.97 Å². The maximum absolute atomic E-state index is 11.3. The second kappa shape index (κ2) is 4.90. The van der Waals surface area contributed by atoms with E-state index in [0.717, 1.165) is 11.3 Å². The Morgan fingerprint density at radius 2 is 2.37 bits per heavy atom. The van der Waals surface area contributed by atoms with Crippen LogP contribution in [0.3, 0.4) is 0 Å². The van der Waals surface area contributed by atoms with E-state index in [4.69, 9.17) is 10.00 Å². The molecule has 1 aliphatic heterocycles. The van der Waals surface area contributed by atoms with Crippen LogP contribution in [0.4, 0.5) is 5.69 Å². The quantitative estimate of drug-likeness (QED) is 0.865. The number of nitriles is 1. The predicted octanol–water partition coefficient (Wildman–Crippen LogP) is 1.77. The van der Waals surface area contributed by atoms with E-state index in [1.165, 1.54) is 0 Å². The standard InChI is InChI=1S/C14H16N2O3/c1-9-5-11(4-3-10(9)6-15)16-12-7-19-8-14(12,2)13(17)18/h3-5,12,16H,7-8H2,1-2H3,(H,17,18). The van der Waals surface area contributed by atoms with E-state index in [0.29, 0.717) is 12.2 Å². The molecular formula is C14H16N2O3. The molecule has 1 aromatic carbocycles. The van der Waals surface area contributed by atoms with Gasteiger partial charge in [0.25, 0.3) is 0 Å². The molecule has 19 heavy (non-hydrogen) atoms. The molecular weight excluding hydrogens is 244 g/mol. The van der Waals surface area contributed by atoms with Crippen molar-refractivity contribution in [2.45, 2.75) is 19.9 Å². The highest BCUT2D eigenvalue weighted by atomic mass is 16.5. The van der Waals surface area contributed by atoms with Crippen LogP contribution < -0.4 is 5.32 Å². The molecule has 1 fully saturated rings. The Bertz CT molecular complexity index is 550. The first-order valence-corrected chi connectivity index (χ1v) is 6.06. The minimum Gasteiger partial charge on any atom is -0.481 e. The number of nitrogens with one attached hydrogen (secondary N) is 1. The first-order chi connectivity index (χ1) is 8.97. The van der Waals surface area contributed by atoms with E-state index in [1.807, 2.05) is 13.0 Å². The summed E-state index contributed by atoms with van der Waals surface area (Å²) in [6, 6.07) is 7.18. The number of carboxylic acid groups (broad SMARTS) is 1. The third kappa shape index (κ3) is 2.40. The zero-order valence-corrected chi connectivity index (χ0v) is 10.9. The van der Waals surface area contributed by atoms with Crippen molar-refractivity contribution in [3.8, 4) is 6.07 Å². The zero-order chi connectivity index (χ0) is 14.0. The van der Waals surface area contributed by atoms with Crippen LogP contribution in [-0.2, 0) is 9.53 Å². The Morgan fingerprint density at radius 1 is 1.63 bits per heavy atom. The van der Waals surface area contributed by atoms with Crippen LogP contribution >= 0.6 is 0 Å². The maximum Gasteiger partial charge on any atom is 0.313 e. The molecule has 0 bridgehead atoms. The van der Waals surface area contributed by atoms with Crippen molar-refractivity contribution < 1.29 is 14.6 Å². The normalized spacial score (nSPS) is 25.8. The smallest absolute Gasteiger partial charge is 0.313 e. The minimum atomic E-state index is -0.929. The van der Waals surface area contributed by atoms with Crippen molar-refractivity contribution >= 4 is 11.7 Å². The van der Waals surface area contributed by atoms with E-state index in [9.17, 15) is 9.90 Å². The topological polar surface area (TPSA) is 82.3 Å². The van der Waals surface area contributed by atoms with Crippen LogP contribution in [0.25, 0.3) is 0 Å². The van der Waals surface area contributed by atoms with Gasteiger partial charge in [-0.15, -0.1) is 0 Å². The fourth-order valence-corrected chi connectivity index (χ4v) is 2.17. The van der Waals surface area contributed by atoms with Gasteiger partial charge in [-0.05, 0) is 37.6 Å². The number of nitrogens with zero attached hydrogens (tertiary/aromatic N) is 1. The maximum atomic E-state index is 11.3. The first-order valence-electron chi connectivity index (χ1n) is 6.06. The lowest BCUT2D eigenvalue weighted by atomic mass is 9.85. The van der Waals surface area contributed by atoms with Crippen LogP contribution in [0.15, 0.2) is 18.2 Å². The third-order valence-corrected chi connectivity index (χ3v) is 3.63. The van der Waals surface area contributed by atoms with Gasteiger partial charge in [0, 0.05) is 5.69 Å². The highest BCUT2D eigenvalue weighted by molar-refractivity contribution is 5.76. The first kappa shape index (κ1) is 13.4. The van der Waals surface area contributed by atoms with Crippen molar-refractivity contribution in [2.24, 2.45) is 5.41 Å². The second-order valence-electron chi connectivity index (χ2n) is 5.08. The van der Waals surface area contributed by atoms with E-state index in [-0.39, 0.29) is 12.6 Å². The molecule has 0 amide bonds. The molecule has 1 heterocycles. The molecule has 5 nitrogen and oxygen atoms in total. The Hall–Kier alpha value is -2.06. The summed E-state index contributed by atoms with van der Waals surface area (Å²) < 4.78 is 5.29. The van der Waals surface area contributed by atoms with Crippen LogP contribution in [-0.4, -0.2) is 30.3 Å². The molecule has 1 aromatic rings. The molecule has 100 valence electrons. The number of aryl methyl sites for hydroxylation is 1. The number of anilines is 1. The molecule has 2 N–H and O–H groups in total. The van der Waals surface area contributed by atoms with Gasteiger partial charge in [-0.3, -0.25) is 4.79 Å². The van der Waals surface area contributed by atoms with Crippen molar-refractivity contribution in [1.29, 1.82) is 5.26 Å². The van der Waals surface area contributed by atoms with Gasteiger partial charge in [-0.25, -0.2) is 0 Å². The fraction of sp³-hybridized carbons (Fsp3) is 0.429. The average Bonchev–Trinajstić information content (AvgIpc) is 2.73. The zero-order valence-electron chi connectivity index (χ0n) is 10.9. The summed E-state index contributed by atoms with van der Waals surface area (Å²) in [6.07, 6.45) is 0.